The van der Waals surface area contributed by atoms with Crippen LogP contribution < -0.4 is 26.6 Å². The van der Waals surface area contributed by atoms with Gasteiger partial charge in [0.2, 0.25) is 11.8 Å². The molecule has 1 fully saturated rings. The highest BCUT2D eigenvalue weighted by atomic mass is 16.5. The van der Waals surface area contributed by atoms with E-state index in [1.54, 1.807) is 31.2 Å². The maximum Gasteiger partial charge on any atom is 0.412 e. The van der Waals surface area contributed by atoms with Crippen LogP contribution in [0.25, 0.3) is 0 Å². The minimum atomic E-state index is -0.682. The summed E-state index contributed by atoms with van der Waals surface area (Å²) in [6, 6.07) is 16.0. The van der Waals surface area contributed by atoms with Gasteiger partial charge < -0.3 is 26.0 Å². The second-order valence-electron chi connectivity index (χ2n) is 8.94. The predicted octanol–water partition coefficient (Wildman–Crippen LogP) is 1.61. The Labute approximate surface area is 217 Å². The third-order valence-corrected chi connectivity index (χ3v) is 6.17. The summed E-state index contributed by atoms with van der Waals surface area (Å²) in [7, 11) is 0. The van der Waals surface area contributed by atoms with Gasteiger partial charge in [0, 0.05) is 25.2 Å². The summed E-state index contributed by atoms with van der Waals surface area (Å²) in [6.45, 7) is 6.16. The summed E-state index contributed by atoms with van der Waals surface area (Å²) in [6.07, 6.45) is 0.00689. The van der Waals surface area contributed by atoms with E-state index in [-0.39, 0.29) is 42.8 Å². The minimum Gasteiger partial charge on any atom is -0.448 e. The maximum absolute atomic E-state index is 12.7. The molecular formula is C27H36N6O4. The van der Waals surface area contributed by atoms with Gasteiger partial charge in [0.1, 0.15) is 18.5 Å². The number of rotatable bonds is 11. The number of benzene rings is 2. The highest BCUT2D eigenvalue weighted by Gasteiger charge is 2.31. The van der Waals surface area contributed by atoms with Crippen LogP contribution in [-0.4, -0.2) is 62.1 Å². The van der Waals surface area contributed by atoms with Crippen molar-refractivity contribution in [1.29, 1.82) is 5.41 Å². The molecule has 0 bridgehead atoms. The van der Waals surface area contributed by atoms with Crippen LogP contribution in [0.4, 0.5) is 4.79 Å². The van der Waals surface area contributed by atoms with Crippen molar-refractivity contribution in [1.82, 2.24) is 26.6 Å². The van der Waals surface area contributed by atoms with E-state index in [2.05, 4.69) is 38.7 Å². The van der Waals surface area contributed by atoms with Crippen LogP contribution in [0.1, 0.15) is 42.9 Å². The standard InChI is InChI=1S/C27H36N6O4/c1-3-29-13-14-37-27(36)33-24(28)21-11-9-19(10-12-21)16-31-25(34)18(2)32-26(35)23-15-22(17-30-23)20-7-5-4-6-8-20/h4-12,18,22-23,29-30H,3,13-17H2,1-2H3,(H,31,34)(H,32,35)(H2,28,33,36)/t18-,22-,23+/m0/s1. The molecule has 3 amide bonds. The lowest BCUT2D eigenvalue weighted by Crippen LogP contribution is -2.49. The number of amides is 3. The van der Waals surface area contributed by atoms with Gasteiger partial charge in [-0.15, -0.1) is 0 Å². The second kappa shape index (κ2) is 14.1. The van der Waals surface area contributed by atoms with E-state index in [9.17, 15) is 14.4 Å². The van der Waals surface area contributed by atoms with Crippen LogP contribution in [-0.2, 0) is 20.9 Å². The molecule has 37 heavy (non-hydrogen) atoms. The number of hydrogen-bond acceptors (Lipinski definition) is 7. The summed E-state index contributed by atoms with van der Waals surface area (Å²) in [5.41, 5.74) is 2.53. The van der Waals surface area contributed by atoms with Crippen molar-refractivity contribution < 1.29 is 19.1 Å². The van der Waals surface area contributed by atoms with Crippen molar-refractivity contribution in [2.75, 3.05) is 26.2 Å². The molecule has 1 aliphatic heterocycles. The fourth-order valence-corrected chi connectivity index (χ4v) is 4.03. The van der Waals surface area contributed by atoms with Crippen LogP contribution in [0.5, 0.6) is 0 Å². The van der Waals surface area contributed by atoms with Gasteiger partial charge in [-0.3, -0.25) is 20.3 Å². The molecule has 0 aromatic heterocycles. The topological polar surface area (TPSA) is 144 Å². The van der Waals surface area contributed by atoms with Gasteiger partial charge in [0.25, 0.3) is 0 Å². The number of nitrogens with one attached hydrogen (secondary N) is 6. The summed E-state index contributed by atoms with van der Waals surface area (Å²) < 4.78 is 5.00. The Balaban J connectivity index is 1.39. The Bertz CT molecular complexity index is 1060. The van der Waals surface area contributed by atoms with Crippen molar-refractivity contribution in [2.24, 2.45) is 0 Å². The normalized spacial score (nSPS) is 17.5. The smallest absolute Gasteiger partial charge is 0.412 e. The maximum atomic E-state index is 12.7. The number of carbonyl (C=O) groups excluding carboxylic acids is 3. The van der Waals surface area contributed by atoms with E-state index in [1.807, 2.05) is 25.1 Å². The first-order valence-electron chi connectivity index (χ1n) is 12.6. The minimum absolute atomic E-state index is 0.0737. The number of amidine groups is 1. The van der Waals surface area contributed by atoms with Gasteiger partial charge in [0.05, 0.1) is 6.04 Å². The molecule has 0 spiro atoms. The zero-order valence-corrected chi connectivity index (χ0v) is 21.3. The van der Waals surface area contributed by atoms with E-state index in [1.165, 1.54) is 5.56 Å². The van der Waals surface area contributed by atoms with E-state index in [0.717, 1.165) is 18.7 Å². The van der Waals surface area contributed by atoms with Crippen LogP contribution >= 0.6 is 0 Å². The van der Waals surface area contributed by atoms with E-state index >= 15 is 0 Å². The Morgan fingerprint density at radius 2 is 1.84 bits per heavy atom. The van der Waals surface area contributed by atoms with Crippen molar-refractivity contribution in [2.45, 2.75) is 44.8 Å². The lowest BCUT2D eigenvalue weighted by molar-refractivity contribution is -0.129. The lowest BCUT2D eigenvalue weighted by Gasteiger charge is -2.17. The Morgan fingerprint density at radius 3 is 2.54 bits per heavy atom. The number of hydrogen-bond donors (Lipinski definition) is 6. The fourth-order valence-electron chi connectivity index (χ4n) is 4.03. The molecular weight excluding hydrogens is 472 g/mol. The first-order chi connectivity index (χ1) is 17.9. The third-order valence-electron chi connectivity index (χ3n) is 6.17. The molecule has 10 nitrogen and oxygen atoms in total. The van der Waals surface area contributed by atoms with Gasteiger partial charge in [-0.1, -0.05) is 61.5 Å². The molecule has 10 heteroatoms. The first kappa shape index (κ1) is 27.8. The summed E-state index contributed by atoms with van der Waals surface area (Å²) in [4.78, 5) is 36.9. The van der Waals surface area contributed by atoms with Crippen LogP contribution in [0.2, 0.25) is 0 Å². The molecule has 3 atom stereocenters. The molecule has 198 valence electrons. The molecule has 2 aromatic carbocycles. The number of alkyl carbamates (subject to hydrolysis) is 1. The van der Waals surface area contributed by atoms with Gasteiger partial charge in [-0.2, -0.15) is 0 Å². The van der Waals surface area contributed by atoms with Gasteiger partial charge in [0.15, 0.2) is 0 Å². The van der Waals surface area contributed by atoms with Crippen LogP contribution in [0.15, 0.2) is 54.6 Å². The quantitative estimate of drug-likeness (QED) is 0.155. The van der Waals surface area contributed by atoms with E-state index in [0.29, 0.717) is 18.5 Å². The van der Waals surface area contributed by atoms with Crippen LogP contribution in [0, 0.1) is 5.41 Å². The average molecular weight is 509 g/mol. The van der Waals surface area contributed by atoms with Gasteiger partial charge >= 0.3 is 6.09 Å². The number of likely N-dealkylation sites (N-methyl/N-ethyl adjacent to an activating group) is 1. The fraction of sp³-hybridized carbons (Fsp3) is 0.407. The molecule has 0 radical (unpaired) electrons. The summed E-state index contributed by atoms with van der Waals surface area (Å²) in [5, 5.41) is 22.3. The molecule has 1 heterocycles. The summed E-state index contributed by atoms with van der Waals surface area (Å²) in [5.74, 6) is -0.272. The van der Waals surface area contributed by atoms with Gasteiger partial charge in [-0.05, 0) is 36.9 Å². The molecule has 2 aromatic rings. The first-order valence-corrected chi connectivity index (χ1v) is 12.6. The lowest BCUT2D eigenvalue weighted by atomic mass is 9.96. The molecule has 3 rings (SSSR count). The molecule has 0 aliphatic carbocycles. The zero-order chi connectivity index (χ0) is 26.6. The molecule has 1 saturated heterocycles. The molecule has 1 aliphatic rings. The highest BCUT2D eigenvalue weighted by Crippen LogP contribution is 2.25. The predicted molar refractivity (Wildman–Crippen MR) is 141 cm³/mol. The Hall–Kier alpha value is -3.76. The van der Waals surface area contributed by atoms with Crippen molar-refractivity contribution in [3.63, 3.8) is 0 Å². The number of ether oxygens (including phenoxy) is 1. The summed E-state index contributed by atoms with van der Waals surface area (Å²) >= 11 is 0. The number of carbonyl (C=O) groups is 3. The largest absolute Gasteiger partial charge is 0.448 e. The van der Waals surface area contributed by atoms with E-state index in [4.69, 9.17) is 10.1 Å². The zero-order valence-electron chi connectivity index (χ0n) is 21.3. The third kappa shape index (κ3) is 8.69. The monoisotopic (exact) mass is 508 g/mol. The van der Waals surface area contributed by atoms with Gasteiger partial charge in [-0.25, -0.2) is 4.79 Å². The molecule has 6 N–H and O–H groups in total. The Morgan fingerprint density at radius 1 is 1.11 bits per heavy atom. The van der Waals surface area contributed by atoms with Crippen molar-refractivity contribution in [3.8, 4) is 0 Å². The highest BCUT2D eigenvalue weighted by molar-refractivity contribution is 6.04. The van der Waals surface area contributed by atoms with Crippen molar-refractivity contribution in [3.05, 3.63) is 71.3 Å². The SMILES string of the molecule is CCNCCOC(=O)NC(=N)c1ccc(CNC(=O)[C@H](C)NC(=O)[C@H]2C[C@H](c3ccccc3)CN2)cc1. The van der Waals surface area contributed by atoms with E-state index < -0.39 is 12.1 Å². The molecule has 0 unspecified atom stereocenters. The molecule has 0 saturated carbocycles. The Kier molecular flexibility index (Phi) is 10.6. The van der Waals surface area contributed by atoms with Crippen LogP contribution in [0.3, 0.4) is 0 Å². The van der Waals surface area contributed by atoms with Crippen molar-refractivity contribution >= 4 is 23.7 Å². The average Bonchev–Trinajstić information content (AvgIpc) is 3.41. The second-order valence-corrected chi connectivity index (χ2v) is 8.94.